The smallest absolute Gasteiger partial charge is 0.342 e. The van der Waals surface area contributed by atoms with Crippen molar-refractivity contribution in [3.8, 4) is 0 Å². The molecule has 0 aliphatic rings. The third-order valence-corrected chi connectivity index (χ3v) is 6.05. The fourth-order valence-electron chi connectivity index (χ4n) is 3.14. The molecule has 14 heteroatoms. The van der Waals surface area contributed by atoms with Gasteiger partial charge in [-0.1, -0.05) is 11.3 Å². The number of alkyl halides is 3. The third kappa shape index (κ3) is 4.57. The molecule has 4 rings (SSSR count). The van der Waals surface area contributed by atoms with Gasteiger partial charge in [0.25, 0.3) is 11.8 Å². The van der Waals surface area contributed by atoms with Crippen LogP contribution in [0.25, 0.3) is 11.2 Å². The monoisotopic (exact) mass is 490 g/mol. The molecule has 0 saturated carbocycles. The van der Waals surface area contributed by atoms with E-state index in [2.05, 4.69) is 35.9 Å². The predicted molar refractivity (Wildman–Crippen MR) is 116 cm³/mol. The van der Waals surface area contributed by atoms with Crippen LogP contribution in [0.3, 0.4) is 0 Å². The second kappa shape index (κ2) is 8.78. The van der Waals surface area contributed by atoms with Gasteiger partial charge in [0.1, 0.15) is 16.2 Å². The molecule has 34 heavy (non-hydrogen) atoms. The second-order valence-corrected chi connectivity index (χ2v) is 8.41. The molecule has 3 aromatic heterocycles. The predicted octanol–water partition coefficient (Wildman–Crippen LogP) is 3.29. The van der Waals surface area contributed by atoms with Crippen molar-refractivity contribution in [1.29, 1.82) is 0 Å². The maximum atomic E-state index is 13.1. The Hall–Kier alpha value is -3.94. The molecule has 3 heterocycles. The fraction of sp³-hybridized carbons (Fsp3) is 0.250. The number of carbonyl (C=O) groups is 2. The molecule has 0 saturated heterocycles. The number of halogens is 3. The van der Waals surface area contributed by atoms with Gasteiger partial charge in [-0.2, -0.15) is 13.2 Å². The highest BCUT2D eigenvalue weighted by Crippen LogP contribution is 2.33. The number of rotatable bonds is 5. The number of thiazole rings is 1. The van der Waals surface area contributed by atoms with Crippen LogP contribution in [0.1, 0.15) is 49.3 Å². The molecule has 1 aromatic carbocycles. The summed E-state index contributed by atoms with van der Waals surface area (Å²) in [4.78, 5) is 37.6. The van der Waals surface area contributed by atoms with E-state index in [9.17, 15) is 22.8 Å². The molecule has 2 N–H and O–H groups in total. The molecule has 0 fully saturated rings. The molecule has 4 aromatic rings. The van der Waals surface area contributed by atoms with E-state index in [0.29, 0.717) is 10.7 Å². The van der Waals surface area contributed by atoms with E-state index in [1.807, 2.05) is 0 Å². The maximum absolute atomic E-state index is 13.1. The van der Waals surface area contributed by atoms with Gasteiger partial charge in [-0.05, 0) is 31.5 Å². The molecular weight excluding hydrogens is 473 g/mol. The fourth-order valence-corrected chi connectivity index (χ4v) is 3.95. The highest BCUT2D eigenvalue weighted by molar-refractivity contribution is 7.13. The number of benzene rings is 1. The van der Waals surface area contributed by atoms with Crippen LogP contribution in [0, 0.1) is 6.92 Å². The molecule has 0 bridgehead atoms. The molecule has 0 aliphatic heterocycles. The van der Waals surface area contributed by atoms with Crippen LogP contribution in [-0.4, -0.2) is 41.8 Å². The van der Waals surface area contributed by atoms with Gasteiger partial charge in [-0.3, -0.25) is 9.59 Å². The van der Waals surface area contributed by atoms with Crippen LogP contribution < -0.4 is 10.6 Å². The first kappa shape index (κ1) is 23.2. The Kier molecular flexibility index (Phi) is 6.00. The quantitative estimate of drug-likeness (QED) is 0.439. The van der Waals surface area contributed by atoms with Crippen molar-refractivity contribution in [2.45, 2.75) is 26.1 Å². The number of carbonyl (C=O) groups excluding carboxylic acids is 2. The molecule has 0 spiro atoms. The summed E-state index contributed by atoms with van der Waals surface area (Å²) in [7, 11) is 1.63. The van der Waals surface area contributed by atoms with Crippen LogP contribution in [0.4, 0.5) is 18.9 Å². The van der Waals surface area contributed by atoms with E-state index in [0.717, 1.165) is 17.4 Å². The maximum Gasteiger partial charge on any atom is 0.416 e. The Labute approximate surface area is 194 Å². The number of aromatic nitrogens is 6. The standard InChI is InChI=1S/C20H17F3N8O2S/c1-9-4-5-11(6-12(9)20(21,22)23)28-17(32)13-7-24-19(34-13)10(2)27-18(33)15-14-16(26-8-25-15)31(3)30-29-14/h4-8,10H,1-3H3,(H,27,33)(H,28,32). The van der Waals surface area contributed by atoms with Crippen LogP contribution in [-0.2, 0) is 13.2 Å². The molecular formula is C20H17F3N8O2S. The van der Waals surface area contributed by atoms with Gasteiger partial charge in [-0.15, -0.1) is 16.4 Å². The minimum absolute atomic E-state index is 0.0102. The van der Waals surface area contributed by atoms with Crippen molar-refractivity contribution in [3.05, 3.63) is 57.4 Å². The van der Waals surface area contributed by atoms with Crippen LogP contribution in [0.2, 0.25) is 0 Å². The number of hydrogen-bond donors (Lipinski definition) is 2. The highest BCUT2D eigenvalue weighted by Gasteiger charge is 2.32. The van der Waals surface area contributed by atoms with E-state index >= 15 is 0 Å². The van der Waals surface area contributed by atoms with Crippen molar-refractivity contribution in [2.75, 3.05) is 5.32 Å². The van der Waals surface area contributed by atoms with Gasteiger partial charge < -0.3 is 10.6 Å². The van der Waals surface area contributed by atoms with Gasteiger partial charge in [0.15, 0.2) is 16.9 Å². The number of nitrogens with zero attached hydrogens (tertiary/aromatic N) is 6. The molecule has 10 nitrogen and oxygen atoms in total. The number of fused-ring (bicyclic) bond motifs is 1. The lowest BCUT2D eigenvalue weighted by Crippen LogP contribution is -2.27. The summed E-state index contributed by atoms with van der Waals surface area (Å²) in [6.07, 6.45) is -2.01. The lowest BCUT2D eigenvalue weighted by molar-refractivity contribution is -0.138. The Morgan fingerprint density at radius 3 is 2.65 bits per heavy atom. The van der Waals surface area contributed by atoms with E-state index < -0.39 is 29.6 Å². The van der Waals surface area contributed by atoms with Crippen LogP contribution >= 0.6 is 11.3 Å². The highest BCUT2D eigenvalue weighted by atomic mass is 32.1. The number of hydrogen-bond acceptors (Lipinski definition) is 8. The van der Waals surface area contributed by atoms with E-state index in [4.69, 9.17) is 0 Å². The molecule has 2 amide bonds. The minimum atomic E-state index is -4.53. The number of anilines is 1. The van der Waals surface area contributed by atoms with Crippen molar-refractivity contribution in [3.63, 3.8) is 0 Å². The van der Waals surface area contributed by atoms with E-state index in [1.165, 1.54) is 36.3 Å². The zero-order valence-electron chi connectivity index (χ0n) is 18.0. The Morgan fingerprint density at radius 2 is 1.91 bits per heavy atom. The van der Waals surface area contributed by atoms with Crippen LogP contribution in [0.5, 0.6) is 0 Å². The molecule has 1 atom stereocenters. The number of aryl methyl sites for hydroxylation is 2. The van der Waals surface area contributed by atoms with Gasteiger partial charge in [0.05, 0.1) is 17.8 Å². The molecule has 0 radical (unpaired) electrons. The zero-order chi connectivity index (χ0) is 24.6. The SMILES string of the molecule is Cc1ccc(NC(=O)c2cnc(C(C)NC(=O)c3ncnc4c3nnn4C)s2)cc1C(F)(F)F. The molecule has 0 aliphatic carbocycles. The van der Waals surface area contributed by atoms with Gasteiger partial charge in [0.2, 0.25) is 0 Å². The second-order valence-electron chi connectivity index (χ2n) is 7.35. The van der Waals surface area contributed by atoms with Crippen molar-refractivity contribution in [2.24, 2.45) is 7.05 Å². The summed E-state index contributed by atoms with van der Waals surface area (Å²) >= 11 is 1.00. The zero-order valence-corrected chi connectivity index (χ0v) is 18.8. The average Bonchev–Trinajstić information content (AvgIpc) is 3.42. The van der Waals surface area contributed by atoms with Crippen molar-refractivity contribution < 1.29 is 22.8 Å². The first-order valence-corrected chi connectivity index (χ1v) is 10.6. The average molecular weight is 490 g/mol. The summed E-state index contributed by atoms with van der Waals surface area (Å²) in [5.41, 5.74) is -0.0857. The van der Waals surface area contributed by atoms with Gasteiger partial charge >= 0.3 is 6.18 Å². The number of amides is 2. The summed E-state index contributed by atoms with van der Waals surface area (Å²) < 4.78 is 40.8. The molecule has 1 unspecified atom stereocenters. The number of nitrogens with one attached hydrogen (secondary N) is 2. The third-order valence-electron chi connectivity index (χ3n) is 4.87. The normalized spacial score (nSPS) is 12.5. The van der Waals surface area contributed by atoms with E-state index in [-0.39, 0.29) is 27.3 Å². The lowest BCUT2D eigenvalue weighted by Gasteiger charge is -2.12. The van der Waals surface area contributed by atoms with Crippen LogP contribution in [0.15, 0.2) is 30.7 Å². The summed E-state index contributed by atoms with van der Waals surface area (Å²) in [6.45, 7) is 3.01. The molecule has 176 valence electrons. The summed E-state index contributed by atoms with van der Waals surface area (Å²) in [6, 6.07) is 2.97. The Balaban J connectivity index is 1.46. The van der Waals surface area contributed by atoms with Crippen molar-refractivity contribution in [1.82, 2.24) is 35.3 Å². The first-order valence-electron chi connectivity index (χ1n) is 9.80. The van der Waals surface area contributed by atoms with Crippen molar-refractivity contribution >= 4 is 40.0 Å². The Morgan fingerprint density at radius 1 is 1.15 bits per heavy atom. The van der Waals surface area contributed by atoms with Gasteiger partial charge in [0, 0.05) is 12.7 Å². The largest absolute Gasteiger partial charge is 0.416 e. The summed E-state index contributed by atoms with van der Waals surface area (Å²) in [5, 5.41) is 13.3. The topological polar surface area (TPSA) is 128 Å². The first-order chi connectivity index (χ1) is 16.0. The lowest BCUT2D eigenvalue weighted by atomic mass is 10.1. The van der Waals surface area contributed by atoms with E-state index in [1.54, 1.807) is 14.0 Å². The Bertz CT molecular complexity index is 1400. The van der Waals surface area contributed by atoms with Gasteiger partial charge in [-0.25, -0.2) is 19.6 Å². The summed E-state index contributed by atoms with van der Waals surface area (Å²) in [5.74, 6) is -1.14. The minimum Gasteiger partial charge on any atom is -0.342 e.